The molecule has 6 heteroatoms. The molecule has 0 radical (unpaired) electrons. The van der Waals surface area contributed by atoms with E-state index in [4.69, 9.17) is 11.6 Å². The van der Waals surface area contributed by atoms with Crippen LogP contribution < -0.4 is 5.32 Å². The van der Waals surface area contributed by atoms with Gasteiger partial charge in [-0.15, -0.1) is 0 Å². The minimum Gasteiger partial charge on any atom is -0.352 e. The lowest BCUT2D eigenvalue weighted by molar-refractivity contribution is -0.140. The quantitative estimate of drug-likeness (QED) is 0.596. The van der Waals surface area contributed by atoms with E-state index in [0.717, 1.165) is 31.2 Å². The maximum Gasteiger partial charge on any atom is 0.243 e. The minimum atomic E-state index is -0.595. The number of hydrogen-bond acceptors (Lipinski definition) is 2. The van der Waals surface area contributed by atoms with Crippen LogP contribution in [0.25, 0.3) is 0 Å². The standard InChI is InChI=1S/C25H30ClFN2O2/c1-2-23(25(31)28-19-11-6-7-12-19)29(16-15-18-9-4-3-5-10-18)24(30)17-20-21(26)13-8-14-22(20)27/h3-5,8-10,13-14,19,23H,2,6-7,11-12,15-17H2,1H3,(H,28,31). The maximum atomic E-state index is 14.3. The zero-order valence-electron chi connectivity index (χ0n) is 17.9. The zero-order valence-corrected chi connectivity index (χ0v) is 18.7. The highest BCUT2D eigenvalue weighted by atomic mass is 35.5. The van der Waals surface area contributed by atoms with Crippen LogP contribution in [0.1, 0.15) is 50.2 Å². The van der Waals surface area contributed by atoms with E-state index in [1.165, 1.54) is 12.1 Å². The van der Waals surface area contributed by atoms with Crippen LogP contribution in [0.15, 0.2) is 48.5 Å². The molecule has 0 bridgehead atoms. The Morgan fingerprint density at radius 2 is 1.84 bits per heavy atom. The molecule has 2 aromatic carbocycles. The fourth-order valence-corrected chi connectivity index (χ4v) is 4.45. The number of carbonyl (C=O) groups is 2. The summed E-state index contributed by atoms with van der Waals surface area (Å²) in [6, 6.07) is 13.8. The molecule has 0 spiro atoms. The maximum absolute atomic E-state index is 14.3. The molecule has 0 aromatic heterocycles. The number of hydrogen-bond donors (Lipinski definition) is 1. The number of halogens is 2. The van der Waals surface area contributed by atoms with Gasteiger partial charge in [0, 0.05) is 23.2 Å². The van der Waals surface area contributed by atoms with Crippen molar-refractivity contribution in [1.82, 2.24) is 10.2 Å². The van der Waals surface area contributed by atoms with Crippen molar-refractivity contribution in [3.8, 4) is 0 Å². The summed E-state index contributed by atoms with van der Waals surface area (Å²) in [4.78, 5) is 28.0. The number of carbonyl (C=O) groups excluding carboxylic acids is 2. The van der Waals surface area contributed by atoms with E-state index >= 15 is 0 Å². The molecule has 1 fully saturated rings. The van der Waals surface area contributed by atoms with Crippen LogP contribution in [0.4, 0.5) is 4.39 Å². The van der Waals surface area contributed by atoms with Crippen molar-refractivity contribution in [3.05, 3.63) is 70.5 Å². The summed E-state index contributed by atoms with van der Waals surface area (Å²) < 4.78 is 14.3. The van der Waals surface area contributed by atoms with E-state index in [1.54, 1.807) is 11.0 Å². The van der Waals surface area contributed by atoms with E-state index in [0.29, 0.717) is 19.4 Å². The van der Waals surface area contributed by atoms with Crippen LogP contribution in [-0.4, -0.2) is 35.3 Å². The van der Waals surface area contributed by atoms with Crippen molar-refractivity contribution in [2.75, 3.05) is 6.54 Å². The topological polar surface area (TPSA) is 49.4 Å². The average molecular weight is 445 g/mol. The molecule has 166 valence electrons. The number of rotatable bonds is 9. The molecule has 4 nitrogen and oxygen atoms in total. The van der Waals surface area contributed by atoms with Crippen molar-refractivity contribution in [1.29, 1.82) is 0 Å². The highest BCUT2D eigenvalue weighted by Crippen LogP contribution is 2.22. The van der Waals surface area contributed by atoms with E-state index in [1.807, 2.05) is 37.3 Å². The molecule has 0 aliphatic heterocycles. The Kier molecular flexibility index (Phi) is 8.47. The van der Waals surface area contributed by atoms with Gasteiger partial charge in [-0.2, -0.15) is 0 Å². The molecule has 1 aliphatic rings. The zero-order chi connectivity index (χ0) is 22.2. The summed E-state index contributed by atoms with van der Waals surface area (Å²) in [6.45, 7) is 2.28. The van der Waals surface area contributed by atoms with E-state index < -0.39 is 11.9 Å². The lowest BCUT2D eigenvalue weighted by atomic mass is 10.1. The van der Waals surface area contributed by atoms with Gasteiger partial charge in [-0.05, 0) is 43.4 Å². The van der Waals surface area contributed by atoms with Gasteiger partial charge in [0.2, 0.25) is 11.8 Å². The first-order chi connectivity index (χ1) is 15.0. The summed E-state index contributed by atoms with van der Waals surface area (Å²) in [7, 11) is 0. The van der Waals surface area contributed by atoms with Crippen molar-refractivity contribution in [2.45, 2.75) is 64.0 Å². The molecule has 2 aromatic rings. The second kappa shape index (κ2) is 11.3. The van der Waals surface area contributed by atoms with E-state index in [2.05, 4.69) is 5.32 Å². The molecule has 2 amide bonds. The highest BCUT2D eigenvalue weighted by molar-refractivity contribution is 6.31. The van der Waals surface area contributed by atoms with Crippen LogP contribution in [0.3, 0.4) is 0 Å². The number of nitrogens with one attached hydrogen (secondary N) is 1. The van der Waals surface area contributed by atoms with Crippen LogP contribution in [0, 0.1) is 5.82 Å². The Morgan fingerprint density at radius 3 is 2.48 bits per heavy atom. The third-order valence-electron chi connectivity index (χ3n) is 5.96. The first-order valence-corrected chi connectivity index (χ1v) is 11.4. The van der Waals surface area contributed by atoms with Crippen LogP contribution >= 0.6 is 11.6 Å². The first-order valence-electron chi connectivity index (χ1n) is 11.1. The van der Waals surface area contributed by atoms with Crippen molar-refractivity contribution in [3.63, 3.8) is 0 Å². The SMILES string of the molecule is CCC(C(=O)NC1CCCC1)N(CCc1ccccc1)C(=O)Cc1c(F)cccc1Cl. The van der Waals surface area contributed by atoms with Crippen molar-refractivity contribution < 1.29 is 14.0 Å². The van der Waals surface area contributed by atoms with E-state index in [-0.39, 0.29) is 34.9 Å². The molecule has 1 N–H and O–H groups in total. The Morgan fingerprint density at radius 1 is 1.13 bits per heavy atom. The number of nitrogens with zero attached hydrogens (tertiary/aromatic N) is 1. The van der Waals surface area contributed by atoms with Gasteiger partial charge in [0.15, 0.2) is 0 Å². The minimum absolute atomic E-state index is 0.129. The molecule has 1 unspecified atom stereocenters. The predicted molar refractivity (Wildman–Crippen MR) is 121 cm³/mol. The normalized spacial score (nSPS) is 14.9. The smallest absolute Gasteiger partial charge is 0.243 e. The molecule has 0 heterocycles. The summed E-state index contributed by atoms with van der Waals surface area (Å²) in [5, 5.41) is 3.34. The highest BCUT2D eigenvalue weighted by Gasteiger charge is 2.31. The van der Waals surface area contributed by atoms with Gasteiger partial charge < -0.3 is 10.2 Å². The Bertz CT molecular complexity index is 864. The molecular formula is C25H30ClFN2O2. The van der Waals surface area contributed by atoms with Gasteiger partial charge in [0.1, 0.15) is 11.9 Å². The molecule has 31 heavy (non-hydrogen) atoms. The molecule has 0 saturated heterocycles. The molecular weight excluding hydrogens is 415 g/mol. The van der Waals surface area contributed by atoms with Crippen LogP contribution in [0.2, 0.25) is 5.02 Å². The van der Waals surface area contributed by atoms with E-state index in [9.17, 15) is 14.0 Å². The molecule has 1 saturated carbocycles. The largest absolute Gasteiger partial charge is 0.352 e. The second-order valence-corrected chi connectivity index (χ2v) is 8.52. The fraction of sp³-hybridized carbons (Fsp3) is 0.440. The van der Waals surface area contributed by atoms with Gasteiger partial charge in [-0.1, -0.05) is 67.8 Å². The van der Waals surface area contributed by atoms with Crippen molar-refractivity contribution >= 4 is 23.4 Å². The third-order valence-corrected chi connectivity index (χ3v) is 6.32. The average Bonchev–Trinajstić information content (AvgIpc) is 3.27. The first kappa shape index (κ1) is 23.3. The molecule has 1 aliphatic carbocycles. The lowest BCUT2D eigenvalue weighted by Gasteiger charge is -2.31. The van der Waals surface area contributed by atoms with Gasteiger partial charge in [-0.3, -0.25) is 9.59 Å². The van der Waals surface area contributed by atoms with Crippen molar-refractivity contribution in [2.24, 2.45) is 0 Å². The predicted octanol–water partition coefficient (Wildman–Crippen LogP) is 4.93. The summed E-state index contributed by atoms with van der Waals surface area (Å²) >= 11 is 6.15. The number of benzene rings is 2. The Labute approximate surface area is 188 Å². The molecule has 3 rings (SSSR count). The summed E-state index contributed by atoms with van der Waals surface area (Å²) in [6.07, 6.45) is 5.12. The monoisotopic (exact) mass is 444 g/mol. The van der Waals surface area contributed by atoms with Gasteiger partial charge in [-0.25, -0.2) is 4.39 Å². The van der Waals surface area contributed by atoms with Gasteiger partial charge >= 0.3 is 0 Å². The van der Waals surface area contributed by atoms with Crippen LogP contribution in [0.5, 0.6) is 0 Å². The molecule has 1 atom stereocenters. The number of amides is 2. The fourth-order valence-electron chi connectivity index (χ4n) is 4.22. The lowest BCUT2D eigenvalue weighted by Crippen LogP contribution is -2.52. The van der Waals surface area contributed by atoms with Gasteiger partial charge in [0.25, 0.3) is 0 Å². The Balaban J connectivity index is 1.79. The second-order valence-electron chi connectivity index (χ2n) is 8.11. The summed E-state index contributed by atoms with van der Waals surface area (Å²) in [5.74, 6) is -0.931. The van der Waals surface area contributed by atoms with Gasteiger partial charge in [0.05, 0.1) is 6.42 Å². The van der Waals surface area contributed by atoms with Crippen LogP contribution in [-0.2, 0) is 22.4 Å². The Hall–Kier alpha value is -2.40. The third kappa shape index (κ3) is 6.30. The summed E-state index contributed by atoms with van der Waals surface area (Å²) in [5.41, 5.74) is 1.25.